The second-order valence-electron chi connectivity index (χ2n) is 3.34. The highest BCUT2D eigenvalue weighted by atomic mass is 16.3. The highest BCUT2D eigenvalue weighted by Gasteiger charge is 2.13. The standard InChI is InChI=1S/C10H16O/c1-8(2)10-5-3-9(7-11)4-6-10/h3,10-11H,1,4-7H2,2H3. The maximum Gasteiger partial charge on any atom is 0.0641 e. The molecule has 1 rings (SSSR count). The minimum Gasteiger partial charge on any atom is -0.392 e. The molecule has 1 aliphatic carbocycles. The van der Waals surface area contributed by atoms with Crippen LogP contribution in [0.4, 0.5) is 0 Å². The van der Waals surface area contributed by atoms with Crippen molar-refractivity contribution in [3.05, 3.63) is 23.8 Å². The molecule has 1 heteroatoms. The molecular weight excluding hydrogens is 136 g/mol. The summed E-state index contributed by atoms with van der Waals surface area (Å²) in [4.78, 5) is 0. The van der Waals surface area contributed by atoms with E-state index in [4.69, 9.17) is 5.11 Å². The number of allylic oxidation sites excluding steroid dienone is 2. The number of rotatable bonds is 2. The minimum absolute atomic E-state index is 0.239. The van der Waals surface area contributed by atoms with Crippen molar-refractivity contribution in [2.45, 2.75) is 26.2 Å². The second kappa shape index (κ2) is 3.72. The van der Waals surface area contributed by atoms with Crippen molar-refractivity contribution in [3.63, 3.8) is 0 Å². The fraction of sp³-hybridized carbons (Fsp3) is 0.600. The lowest BCUT2D eigenvalue weighted by Gasteiger charge is -2.20. The Morgan fingerprint density at radius 1 is 1.82 bits per heavy atom. The van der Waals surface area contributed by atoms with Gasteiger partial charge in [0, 0.05) is 0 Å². The van der Waals surface area contributed by atoms with Gasteiger partial charge in [-0.25, -0.2) is 0 Å². The minimum atomic E-state index is 0.239. The molecule has 0 aromatic heterocycles. The molecule has 0 aliphatic heterocycles. The lowest BCUT2D eigenvalue weighted by Crippen LogP contribution is -2.07. The van der Waals surface area contributed by atoms with Crippen LogP contribution in [0, 0.1) is 5.92 Å². The third kappa shape index (κ3) is 2.19. The van der Waals surface area contributed by atoms with Crippen molar-refractivity contribution in [3.8, 4) is 0 Å². The van der Waals surface area contributed by atoms with E-state index >= 15 is 0 Å². The van der Waals surface area contributed by atoms with Crippen LogP contribution in [0.5, 0.6) is 0 Å². The number of aliphatic hydroxyl groups excluding tert-OH is 1. The zero-order chi connectivity index (χ0) is 8.27. The largest absolute Gasteiger partial charge is 0.392 e. The summed E-state index contributed by atoms with van der Waals surface area (Å²) < 4.78 is 0. The smallest absolute Gasteiger partial charge is 0.0641 e. The Kier molecular flexibility index (Phi) is 2.89. The normalized spacial score (nSPS) is 24.5. The first kappa shape index (κ1) is 8.54. The number of aliphatic hydroxyl groups is 1. The van der Waals surface area contributed by atoms with E-state index in [9.17, 15) is 0 Å². The van der Waals surface area contributed by atoms with Crippen LogP contribution in [0.3, 0.4) is 0 Å². The monoisotopic (exact) mass is 152 g/mol. The van der Waals surface area contributed by atoms with Crippen LogP contribution >= 0.6 is 0 Å². The van der Waals surface area contributed by atoms with Gasteiger partial charge in [0.25, 0.3) is 0 Å². The highest BCUT2D eigenvalue weighted by Crippen LogP contribution is 2.27. The first-order chi connectivity index (χ1) is 5.24. The van der Waals surface area contributed by atoms with E-state index in [-0.39, 0.29) is 6.61 Å². The predicted octanol–water partition coefficient (Wildman–Crippen LogP) is 2.28. The lowest BCUT2D eigenvalue weighted by molar-refractivity contribution is 0.319. The third-order valence-corrected chi connectivity index (χ3v) is 2.40. The quantitative estimate of drug-likeness (QED) is 0.602. The zero-order valence-corrected chi connectivity index (χ0v) is 7.14. The van der Waals surface area contributed by atoms with E-state index in [1.54, 1.807) is 0 Å². The fourth-order valence-corrected chi connectivity index (χ4v) is 1.48. The summed E-state index contributed by atoms with van der Waals surface area (Å²) in [5, 5.41) is 8.83. The van der Waals surface area contributed by atoms with Crippen molar-refractivity contribution in [2.24, 2.45) is 5.92 Å². The summed E-state index contributed by atoms with van der Waals surface area (Å²) in [5.74, 6) is 0.658. The average molecular weight is 152 g/mol. The topological polar surface area (TPSA) is 20.2 Å². The molecule has 11 heavy (non-hydrogen) atoms. The maximum absolute atomic E-state index is 8.83. The molecule has 0 radical (unpaired) electrons. The number of hydrogen-bond acceptors (Lipinski definition) is 1. The molecule has 0 saturated heterocycles. The molecule has 62 valence electrons. The molecule has 1 atom stereocenters. The van der Waals surface area contributed by atoms with E-state index in [0.29, 0.717) is 5.92 Å². The molecule has 0 aromatic rings. The van der Waals surface area contributed by atoms with E-state index in [1.165, 1.54) is 17.6 Å². The summed E-state index contributed by atoms with van der Waals surface area (Å²) in [7, 11) is 0. The molecule has 0 aromatic carbocycles. The SMILES string of the molecule is C=C(C)C1CC=C(CO)CC1. The van der Waals surface area contributed by atoms with Gasteiger partial charge in [0.1, 0.15) is 0 Å². The average Bonchev–Trinajstić information content (AvgIpc) is 2.05. The van der Waals surface area contributed by atoms with Crippen molar-refractivity contribution < 1.29 is 5.11 Å². The number of hydrogen-bond donors (Lipinski definition) is 1. The fourth-order valence-electron chi connectivity index (χ4n) is 1.48. The van der Waals surface area contributed by atoms with Gasteiger partial charge in [-0.05, 0) is 37.7 Å². The molecule has 0 heterocycles. The van der Waals surface area contributed by atoms with Crippen molar-refractivity contribution in [1.29, 1.82) is 0 Å². The first-order valence-electron chi connectivity index (χ1n) is 4.18. The lowest BCUT2D eigenvalue weighted by atomic mass is 9.86. The van der Waals surface area contributed by atoms with Gasteiger partial charge in [-0.1, -0.05) is 18.2 Å². The molecule has 1 aliphatic rings. The maximum atomic E-state index is 8.83. The van der Waals surface area contributed by atoms with E-state index in [2.05, 4.69) is 19.6 Å². The Morgan fingerprint density at radius 3 is 2.91 bits per heavy atom. The van der Waals surface area contributed by atoms with Gasteiger partial charge in [0.15, 0.2) is 0 Å². The second-order valence-corrected chi connectivity index (χ2v) is 3.34. The van der Waals surface area contributed by atoms with Gasteiger partial charge in [0.2, 0.25) is 0 Å². The van der Waals surface area contributed by atoms with Crippen molar-refractivity contribution >= 4 is 0 Å². The summed E-state index contributed by atoms with van der Waals surface area (Å²) in [6.07, 6.45) is 5.45. The Morgan fingerprint density at radius 2 is 2.55 bits per heavy atom. The zero-order valence-electron chi connectivity index (χ0n) is 7.14. The molecule has 0 saturated carbocycles. The van der Waals surface area contributed by atoms with Crippen molar-refractivity contribution in [2.75, 3.05) is 6.61 Å². The summed E-state index contributed by atoms with van der Waals surface area (Å²) in [6, 6.07) is 0. The molecule has 0 amide bonds. The highest BCUT2D eigenvalue weighted by molar-refractivity contribution is 5.11. The Hall–Kier alpha value is -0.560. The molecule has 0 bridgehead atoms. The molecule has 1 N–H and O–H groups in total. The van der Waals surface area contributed by atoms with Crippen LogP contribution in [0.1, 0.15) is 26.2 Å². The van der Waals surface area contributed by atoms with Crippen LogP contribution in [0.2, 0.25) is 0 Å². The van der Waals surface area contributed by atoms with Gasteiger partial charge < -0.3 is 5.11 Å². The Bertz CT molecular complexity index is 179. The van der Waals surface area contributed by atoms with E-state index in [1.807, 2.05) is 0 Å². The van der Waals surface area contributed by atoms with E-state index < -0.39 is 0 Å². The Balaban J connectivity index is 2.47. The predicted molar refractivity (Wildman–Crippen MR) is 47.3 cm³/mol. The van der Waals surface area contributed by atoms with Crippen LogP contribution in [0.25, 0.3) is 0 Å². The molecular formula is C10H16O. The molecule has 1 nitrogen and oxygen atoms in total. The van der Waals surface area contributed by atoms with Crippen LogP contribution in [0.15, 0.2) is 23.8 Å². The summed E-state index contributed by atoms with van der Waals surface area (Å²) in [5.41, 5.74) is 2.47. The van der Waals surface area contributed by atoms with Crippen molar-refractivity contribution in [1.82, 2.24) is 0 Å². The van der Waals surface area contributed by atoms with Gasteiger partial charge >= 0.3 is 0 Å². The first-order valence-corrected chi connectivity index (χ1v) is 4.18. The Labute approximate surface area is 68.4 Å². The van der Waals surface area contributed by atoms with Crippen LogP contribution in [-0.4, -0.2) is 11.7 Å². The molecule has 0 fully saturated rings. The third-order valence-electron chi connectivity index (χ3n) is 2.40. The van der Waals surface area contributed by atoms with Gasteiger partial charge in [0.05, 0.1) is 6.61 Å². The van der Waals surface area contributed by atoms with Gasteiger partial charge in [-0.15, -0.1) is 0 Å². The van der Waals surface area contributed by atoms with Crippen LogP contribution in [-0.2, 0) is 0 Å². The van der Waals surface area contributed by atoms with E-state index in [0.717, 1.165) is 12.8 Å². The van der Waals surface area contributed by atoms with Gasteiger partial charge in [-0.3, -0.25) is 0 Å². The molecule has 0 spiro atoms. The van der Waals surface area contributed by atoms with Crippen LogP contribution < -0.4 is 0 Å². The van der Waals surface area contributed by atoms with Gasteiger partial charge in [-0.2, -0.15) is 0 Å². The molecule has 1 unspecified atom stereocenters. The summed E-state index contributed by atoms with van der Waals surface area (Å²) in [6.45, 7) is 6.26. The summed E-state index contributed by atoms with van der Waals surface area (Å²) >= 11 is 0.